The topological polar surface area (TPSA) is 35.2 Å². The second kappa shape index (κ2) is 7.28. The first-order valence-electron chi connectivity index (χ1n) is 7.71. The lowest BCUT2D eigenvalue weighted by Crippen LogP contribution is -2.31. The van der Waals surface area contributed by atoms with Crippen LogP contribution in [0.5, 0.6) is 5.75 Å². The third-order valence-corrected chi connectivity index (χ3v) is 3.86. The van der Waals surface area contributed by atoms with E-state index in [4.69, 9.17) is 10.5 Å². The van der Waals surface area contributed by atoms with Crippen molar-refractivity contribution in [3.05, 3.63) is 65.2 Å². The second-order valence-electron chi connectivity index (χ2n) is 5.52. The van der Waals surface area contributed by atoms with E-state index in [1.165, 1.54) is 11.1 Å². The van der Waals surface area contributed by atoms with Crippen LogP contribution in [0.3, 0.4) is 0 Å². The molecule has 0 heterocycles. The maximum atomic E-state index is 6.27. The van der Waals surface area contributed by atoms with Gasteiger partial charge in [0.25, 0.3) is 0 Å². The van der Waals surface area contributed by atoms with E-state index < -0.39 is 0 Å². The number of hydrogen-bond donors (Lipinski definition) is 1. The molecule has 0 aromatic heterocycles. The molecule has 0 amide bonds. The molecule has 2 atom stereocenters. The van der Waals surface area contributed by atoms with Crippen molar-refractivity contribution in [1.82, 2.24) is 0 Å². The molecule has 0 spiro atoms. The quantitative estimate of drug-likeness (QED) is 0.852. The van der Waals surface area contributed by atoms with Gasteiger partial charge >= 0.3 is 0 Å². The Morgan fingerprint density at radius 3 is 2.10 bits per heavy atom. The monoisotopic (exact) mass is 283 g/mol. The predicted molar refractivity (Wildman–Crippen MR) is 88.6 cm³/mol. The average molecular weight is 283 g/mol. The zero-order chi connectivity index (χ0) is 15.2. The van der Waals surface area contributed by atoms with Gasteiger partial charge in [0.2, 0.25) is 0 Å². The summed E-state index contributed by atoms with van der Waals surface area (Å²) in [4.78, 5) is 0. The molecule has 2 rings (SSSR count). The van der Waals surface area contributed by atoms with E-state index in [0.717, 1.165) is 24.2 Å². The van der Waals surface area contributed by atoms with E-state index in [0.29, 0.717) is 0 Å². The smallest absolute Gasteiger partial charge is 0.139 e. The van der Waals surface area contributed by atoms with Crippen LogP contribution >= 0.6 is 0 Å². The van der Waals surface area contributed by atoms with Crippen LogP contribution < -0.4 is 10.5 Å². The molecule has 2 heteroatoms. The molecular formula is C19H25NO. The van der Waals surface area contributed by atoms with Gasteiger partial charge in [0, 0.05) is 6.04 Å². The van der Waals surface area contributed by atoms with Crippen molar-refractivity contribution in [2.24, 2.45) is 5.73 Å². The highest BCUT2D eigenvalue weighted by Crippen LogP contribution is 2.26. The average Bonchev–Trinajstić information content (AvgIpc) is 2.53. The summed E-state index contributed by atoms with van der Waals surface area (Å²) in [6, 6.07) is 16.7. The van der Waals surface area contributed by atoms with Crippen molar-refractivity contribution in [3.8, 4) is 5.75 Å². The summed E-state index contributed by atoms with van der Waals surface area (Å²) in [5.41, 5.74) is 9.96. The van der Waals surface area contributed by atoms with Crippen molar-refractivity contribution in [2.75, 3.05) is 0 Å². The maximum absolute atomic E-state index is 6.27. The molecule has 0 aliphatic heterocycles. The fourth-order valence-corrected chi connectivity index (χ4v) is 2.32. The fraction of sp³-hybridized carbons (Fsp3) is 0.368. The van der Waals surface area contributed by atoms with E-state index in [1.54, 1.807) is 0 Å². The minimum atomic E-state index is -0.108. The van der Waals surface area contributed by atoms with E-state index in [9.17, 15) is 0 Å². The highest BCUT2D eigenvalue weighted by atomic mass is 16.5. The van der Waals surface area contributed by atoms with Gasteiger partial charge in [0.1, 0.15) is 11.9 Å². The third-order valence-electron chi connectivity index (χ3n) is 3.86. The predicted octanol–water partition coefficient (Wildman–Crippen LogP) is 4.41. The van der Waals surface area contributed by atoms with Gasteiger partial charge < -0.3 is 10.5 Å². The highest BCUT2D eigenvalue weighted by molar-refractivity contribution is 5.30. The Morgan fingerprint density at radius 2 is 1.57 bits per heavy atom. The number of aryl methyl sites for hydroxylation is 2. The van der Waals surface area contributed by atoms with E-state index in [1.807, 2.05) is 12.1 Å². The Morgan fingerprint density at radius 1 is 0.952 bits per heavy atom. The van der Waals surface area contributed by atoms with Crippen LogP contribution in [-0.4, -0.2) is 6.04 Å². The van der Waals surface area contributed by atoms with Gasteiger partial charge in [0.05, 0.1) is 0 Å². The van der Waals surface area contributed by atoms with Gasteiger partial charge in [-0.1, -0.05) is 55.8 Å². The third kappa shape index (κ3) is 4.08. The van der Waals surface area contributed by atoms with Gasteiger partial charge in [-0.3, -0.25) is 0 Å². The van der Waals surface area contributed by atoms with Gasteiger partial charge in [-0.05, 0) is 43.0 Å². The first-order chi connectivity index (χ1) is 10.1. The van der Waals surface area contributed by atoms with Crippen molar-refractivity contribution in [1.29, 1.82) is 0 Å². The number of rotatable bonds is 6. The first-order valence-corrected chi connectivity index (χ1v) is 7.71. The Bertz CT molecular complexity index is 545. The molecular weight excluding hydrogens is 258 g/mol. The molecule has 2 aromatic rings. The molecule has 2 nitrogen and oxygen atoms in total. The lowest BCUT2D eigenvalue weighted by atomic mass is 9.99. The minimum absolute atomic E-state index is 0.0152. The Labute approximate surface area is 127 Å². The molecule has 2 aromatic carbocycles. The van der Waals surface area contributed by atoms with Crippen molar-refractivity contribution in [2.45, 2.75) is 45.8 Å². The summed E-state index contributed by atoms with van der Waals surface area (Å²) in [5, 5.41) is 0. The van der Waals surface area contributed by atoms with Crippen molar-refractivity contribution in [3.63, 3.8) is 0 Å². The van der Waals surface area contributed by atoms with Gasteiger partial charge in [-0.15, -0.1) is 0 Å². The molecule has 0 aliphatic carbocycles. The molecule has 0 bridgehead atoms. The molecule has 0 saturated heterocycles. The van der Waals surface area contributed by atoms with Crippen LogP contribution in [0.15, 0.2) is 48.5 Å². The molecule has 0 aliphatic rings. The number of ether oxygens (including phenoxy) is 1. The van der Waals surface area contributed by atoms with Crippen LogP contribution in [0.2, 0.25) is 0 Å². The van der Waals surface area contributed by atoms with Crippen LogP contribution in [0.25, 0.3) is 0 Å². The summed E-state index contributed by atoms with van der Waals surface area (Å²) in [6.45, 7) is 6.33. The molecule has 0 saturated carbocycles. The lowest BCUT2D eigenvalue weighted by Gasteiger charge is -2.25. The minimum Gasteiger partial charge on any atom is -0.484 e. The number of nitrogens with two attached hydrogens (primary N) is 1. The van der Waals surface area contributed by atoms with Crippen molar-refractivity contribution >= 4 is 0 Å². The van der Waals surface area contributed by atoms with Gasteiger partial charge in [-0.25, -0.2) is 0 Å². The van der Waals surface area contributed by atoms with Crippen LogP contribution in [0.4, 0.5) is 0 Å². The number of hydrogen-bond acceptors (Lipinski definition) is 2. The highest BCUT2D eigenvalue weighted by Gasteiger charge is 2.20. The summed E-state index contributed by atoms with van der Waals surface area (Å²) < 4.78 is 6.17. The standard InChI is InChI=1S/C19H25NO/c1-4-15-8-12-17(13-9-15)21-19(18(20)5-2)16-10-6-14(3)7-11-16/h6-13,18-19H,4-5,20H2,1-3H3. The van der Waals surface area contributed by atoms with Crippen LogP contribution in [-0.2, 0) is 6.42 Å². The fourth-order valence-electron chi connectivity index (χ4n) is 2.32. The van der Waals surface area contributed by atoms with E-state index >= 15 is 0 Å². The summed E-state index contributed by atoms with van der Waals surface area (Å²) in [7, 11) is 0. The van der Waals surface area contributed by atoms with Gasteiger partial charge in [0.15, 0.2) is 0 Å². The Balaban J connectivity index is 2.21. The van der Waals surface area contributed by atoms with E-state index in [-0.39, 0.29) is 12.1 Å². The molecule has 0 radical (unpaired) electrons. The largest absolute Gasteiger partial charge is 0.484 e. The second-order valence-corrected chi connectivity index (χ2v) is 5.52. The van der Waals surface area contributed by atoms with Gasteiger partial charge in [-0.2, -0.15) is 0 Å². The summed E-state index contributed by atoms with van der Waals surface area (Å²) in [5.74, 6) is 0.877. The maximum Gasteiger partial charge on any atom is 0.139 e. The Kier molecular flexibility index (Phi) is 5.40. The lowest BCUT2D eigenvalue weighted by molar-refractivity contribution is 0.171. The summed E-state index contributed by atoms with van der Waals surface area (Å²) >= 11 is 0. The zero-order valence-electron chi connectivity index (χ0n) is 13.2. The van der Waals surface area contributed by atoms with Crippen molar-refractivity contribution < 1.29 is 4.74 Å². The normalized spacial score (nSPS) is 13.7. The molecule has 112 valence electrons. The molecule has 21 heavy (non-hydrogen) atoms. The Hall–Kier alpha value is -1.80. The van der Waals surface area contributed by atoms with E-state index in [2.05, 4.69) is 57.2 Å². The molecule has 2 unspecified atom stereocenters. The van der Waals surface area contributed by atoms with Crippen LogP contribution in [0.1, 0.15) is 43.1 Å². The molecule has 2 N–H and O–H groups in total. The number of benzene rings is 2. The summed E-state index contributed by atoms with van der Waals surface area (Å²) in [6.07, 6.45) is 1.81. The SMILES string of the molecule is CCc1ccc(OC(c2ccc(C)cc2)C(N)CC)cc1. The first kappa shape index (κ1) is 15.6. The zero-order valence-corrected chi connectivity index (χ0v) is 13.2. The van der Waals surface area contributed by atoms with Crippen LogP contribution in [0, 0.1) is 6.92 Å². The molecule has 0 fully saturated rings.